The van der Waals surface area contributed by atoms with Crippen molar-refractivity contribution in [2.45, 2.75) is 26.2 Å². The van der Waals surface area contributed by atoms with E-state index in [9.17, 15) is 9.59 Å². The van der Waals surface area contributed by atoms with Crippen molar-refractivity contribution in [2.75, 3.05) is 26.3 Å². The maximum atomic E-state index is 12.9. The van der Waals surface area contributed by atoms with E-state index in [1.807, 2.05) is 43.6 Å². The van der Waals surface area contributed by atoms with Gasteiger partial charge in [-0.05, 0) is 44.4 Å². The fraction of sp³-hybridized carbons (Fsp3) is 0.435. The van der Waals surface area contributed by atoms with Gasteiger partial charge in [-0.3, -0.25) is 14.3 Å². The van der Waals surface area contributed by atoms with Gasteiger partial charge in [-0.2, -0.15) is 5.10 Å². The summed E-state index contributed by atoms with van der Waals surface area (Å²) in [6, 6.07) is 9.52. The quantitative estimate of drug-likeness (QED) is 0.493. The first-order valence-electron chi connectivity index (χ1n) is 10.3. The molecule has 0 N–H and O–H groups in total. The summed E-state index contributed by atoms with van der Waals surface area (Å²) in [5, 5.41) is 4.10. The number of piperidine rings is 1. The average Bonchev–Trinajstić information content (AvgIpc) is 3.18. The molecule has 0 radical (unpaired) electrons. The Labute approximate surface area is 177 Å². The van der Waals surface area contributed by atoms with E-state index in [0.29, 0.717) is 39.1 Å². The van der Waals surface area contributed by atoms with Crippen molar-refractivity contribution in [2.24, 2.45) is 12.5 Å². The first-order valence-corrected chi connectivity index (χ1v) is 10.3. The van der Waals surface area contributed by atoms with Crippen molar-refractivity contribution >= 4 is 18.0 Å². The molecule has 160 valence electrons. The minimum Gasteiger partial charge on any atom is -0.494 e. The molecule has 30 heavy (non-hydrogen) atoms. The Morgan fingerprint density at radius 1 is 1.27 bits per heavy atom. The summed E-state index contributed by atoms with van der Waals surface area (Å²) in [6.45, 7) is 3.46. The molecule has 1 unspecified atom stereocenters. The molecule has 0 aliphatic carbocycles. The van der Waals surface area contributed by atoms with E-state index in [1.165, 1.54) is 0 Å². The van der Waals surface area contributed by atoms with Gasteiger partial charge in [0.05, 0.1) is 24.8 Å². The summed E-state index contributed by atoms with van der Waals surface area (Å²) in [5.41, 5.74) is 0.108. The number of hydrogen-bond donors (Lipinski definition) is 0. The molecule has 0 saturated carbocycles. The number of para-hydroxylation sites is 1. The zero-order chi connectivity index (χ0) is 21.4. The number of hydrogen-bond acceptors (Lipinski definition) is 5. The van der Waals surface area contributed by atoms with Crippen molar-refractivity contribution in [1.82, 2.24) is 14.7 Å². The molecule has 1 atom stereocenters. The predicted octanol–water partition coefficient (Wildman–Crippen LogP) is 3.07. The molecule has 2 aromatic rings. The number of aryl methyl sites for hydroxylation is 1. The summed E-state index contributed by atoms with van der Waals surface area (Å²) in [6.07, 6.45) is 8.74. The fourth-order valence-electron chi connectivity index (χ4n) is 3.76. The number of esters is 1. The Morgan fingerprint density at radius 3 is 2.77 bits per heavy atom. The van der Waals surface area contributed by atoms with Crippen LogP contribution in [0.4, 0.5) is 0 Å². The number of nitrogens with zero attached hydrogens (tertiary/aromatic N) is 3. The number of ether oxygens (including phenoxy) is 2. The Bertz CT molecular complexity index is 878. The predicted molar refractivity (Wildman–Crippen MR) is 114 cm³/mol. The first kappa shape index (κ1) is 21.6. The molecule has 7 heteroatoms. The molecule has 1 saturated heterocycles. The summed E-state index contributed by atoms with van der Waals surface area (Å²) in [4.78, 5) is 27.4. The number of carbonyl (C=O) groups excluding carboxylic acids is 2. The highest BCUT2D eigenvalue weighted by molar-refractivity contribution is 5.92. The summed E-state index contributed by atoms with van der Waals surface area (Å²) < 4.78 is 12.9. The van der Waals surface area contributed by atoms with Gasteiger partial charge in [0.2, 0.25) is 5.91 Å². The van der Waals surface area contributed by atoms with Crippen LogP contribution in [0, 0.1) is 5.41 Å². The van der Waals surface area contributed by atoms with Crippen LogP contribution >= 0.6 is 0 Å². The van der Waals surface area contributed by atoms with E-state index in [-0.39, 0.29) is 11.9 Å². The van der Waals surface area contributed by atoms with Gasteiger partial charge in [-0.25, -0.2) is 0 Å². The molecule has 1 aliphatic heterocycles. The molecular weight excluding hydrogens is 382 g/mol. The monoisotopic (exact) mass is 411 g/mol. The number of benzene rings is 1. The molecule has 1 fully saturated rings. The SMILES string of the molecule is CCOC(=O)C1(CCOc2ccccc2)CCCN(C(=O)C=Cc2cnn(C)c2)C1. The van der Waals surface area contributed by atoms with Crippen molar-refractivity contribution in [1.29, 1.82) is 0 Å². The largest absolute Gasteiger partial charge is 0.494 e. The highest BCUT2D eigenvalue weighted by Gasteiger charge is 2.44. The lowest BCUT2D eigenvalue weighted by molar-refractivity contribution is -0.161. The third-order valence-electron chi connectivity index (χ3n) is 5.33. The van der Waals surface area contributed by atoms with Crippen LogP contribution in [0.5, 0.6) is 5.75 Å². The minimum absolute atomic E-state index is 0.115. The van der Waals surface area contributed by atoms with Gasteiger partial charge in [-0.15, -0.1) is 0 Å². The number of likely N-dealkylation sites (tertiary alicyclic amines) is 1. The molecule has 3 rings (SSSR count). The molecule has 1 aromatic carbocycles. The van der Waals surface area contributed by atoms with Crippen LogP contribution in [-0.4, -0.2) is 52.9 Å². The van der Waals surface area contributed by atoms with Gasteiger partial charge in [-0.1, -0.05) is 18.2 Å². The third-order valence-corrected chi connectivity index (χ3v) is 5.33. The molecule has 1 amide bonds. The number of aromatic nitrogens is 2. The molecule has 0 spiro atoms. The van der Waals surface area contributed by atoms with Crippen molar-refractivity contribution in [3.63, 3.8) is 0 Å². The second kappa shape index (κ2) is 10.1. The summed E-state index contributed by atoms with van der Waals surface area (Å²) in [7, 11) is 1.83. The van der Waals surface area contributed by atoms with Crippen molar-refractivity contribution in [3.05, 3.63) is 54.4 Å². The highest BCUT2D eigenvalue weighted by Crippen LogP contribution is 2.35. The summed E-state index contributed by atoms with van der Waals surface area (Å²) >= 11 is 0. The van der Waals surface area contributed by atoms with Gasteiger partial charge < -0.3 is 14.4 Å². The maximum absolute atomic E-state index is 12.9. The molecule has 7 nitrogen and oxygen atoms in total. The standard InChI is InChI=1S/C23H29N3O4/c1-3-29-22(28)23(13-15-30-20-8-5-4-6-9-20)12-7-14-26(18-23)21(27)11-10-19-16-24-25(2)17-19/h4-6,8-11,16-17H,3,7,12-15,18H2,1-2H3. The van der Waals surface area contributed by atoms with Crippen LogP contribution < -0.4 is 4.74 Å². The minimum atomic E-state index is -0.749. The Kier molecular flexibility index (Phi) is 7.27. The zero-order valence-electron chi connectivity index (χ0n) is 17.6. The average molecular weight is 412 g/mol. The normalized spacial score (nSPS) is 19.1. The van der Waals surface area contributed by atoms with Crippen molar-refractivity contribution < 1.29 is 19.1 Å². The first-order chi connectivity index (χ1) is 14.5. The van der Waals surface area contributed by atoms with E-state index in [1.54, 1.807) is 34.9 Å². The third kappa shape index (κ3) is 5.49. The number of rotatable bonds is 8. The molecule has 1 aliphatic rings. The topological polar surface area (TPSA) is 73.7 Å². The van der Waals surface area contributed by atoms with Crippen LogP contribution in [0.2, 0.25) is 0 Å². The second-order valence-corrected chi connectivity index (χ2v) is 7.56. The highest BCUT2D eigenvalue weighted by atomic mass is 16.5. The van der Waals surface area contributed by atoms with Crippen LogP contribution in [0.3, 0.4) is 0 Å². The van der Waals surface area contributed by atoms with Gasteiger partial charge in [0.1, 0.15) is 5.75 Å². The van der Waals surface area contributed by atoms with E-state index in [2.05, 4.69) is 5.10 Å². The Balaban J connectivity index is 1.67. The zero-order valence-corrected chi connectivity index (χ0v) is 17.6. The summed E-state index contributed by atoms with van der Waals surface area (Å²) in [5.74, 6) is 0.395. The molecular formula is C23H29N3O4. The molecule has 0 bridgehead atoms. The number of carbonyl (C=O) groups is 2. The van der Waals surface area contributed by atoms with E-state index < -0.39 is 5.41 Å². The van der Waals surface area contributed by atoms with E-state index in [4.69, 9.17) is 9.47 Å². The van der Waals surface area contributed by atoms with E-state index >= 15 is 0 Å². The van der Waals surface area contributed by atoms with Gasteiger partial charge in [0.25, 0.3) is 0 Å². The van der Waals surface area contributed by atoms with Crippen LogP contribution in [-0.2, 0) is 21.4 Å². The Hall–Kier alpha value is -3.09. The van der Waals surface area contributed by atoms with Gasteiger partial charge in [0, 0.05) is 38.0 Å². The van der Waals surface area contributed by atoms with Gasteiger partial charge in [0.15, 0.2) is 0 Å². The van der Waals surface area contributed by atoms with E-state index in [0.717, 1.165) is 17.7 Å². The second-order valence-electron chi connectivity index (χ2n) is 7.56. The van der Waals surface area contributed by atoms with Gasteiger partial charge >= 0.3 is 5.97 Å². The lowest BCUT2D eigenvalue weighted by atomic mass is 9.77. The fourth-order valence-corrected chi connectivity index (χ4v) is 3.76. The smallest absolute Gasteiger partial charge is 0.314 e. The lowest BCUT2D eigenvalue weighted by Gasteiger charge is -2.40. The maximum Gasteiger partial charge on any atom is 0.314 e. The number of amides is 1. The molecule has 1 aromatic heterocycles. The molecule has 2 heterocycles. The van der Waals surface area contributed by atoms with Crippen molar-refractivity contribution in [3.8, 4) is 5.75 Å². The van der Waals surface area contributed by atoms with Crippen LogP contribution in [0.15, 0.2) is 48.8 Å². The van der Waals surface area contributed by atoms with Crippen LogP contribution in [0.25, 0.3) is 6.08 Å². The lowest BCUT2D eigenvalue weighted by Crippen LogP contribution is -2.50. The van der Waals surface area contributed by atoms with Crippen LogP contribution in [0.1, 0.15) is 31.7 Å². The Morgan fingerprint density at radius 2 is 2.07 bits per heavy atom.